The summed E-state index contributed by atoms with van der Waals surface area (Å²) in [4.78, 5) is 55.7. The fraction of sp³-hybridized carbons (Fsp3) is 0.389. The van der Waals surface area contributed by atoms with Crippen molar-refractivity contribution in [3.8, 4) is 0 Å². The van der Waals surface area contributed by atoms with E-state index in [-0.39, 0.29) is 43.3 Å². The largest absolute Gasteiger partial charge is 0.458 e. The first kappa shape index (κ1) is 19.8. The zero-order chi connectivity index (χ0) is 20.5. The highest BCUT2D eigenvalue weighted by atomic mass is 35.5. The molecule has 2 N–H and O–H groups in total. The molecule has 0 aliphatic carbocycles. The zero-order valence-electron chi connectivity index (χ0n) is 15.4. The summed E-state index contributed by atoms with van der Waals surface area (Å²) in [6.45, 7) is 3.16. The van der Waals surface area contributed by atoms with Crippen LogP contribution in [-0.4, -0.2) is 44.9 Å². The van der Waals surface area contributed by atoms with E-state index in [1.807, 2.05) is 0 Å². The van der Waals surface area contributed by atoms with Gasteiger partial charge in [-0.3, -0.25) is 19.3 Å². The van der Waals surface area contributed by atoms with Crippen molar-refractivity contribution in [2.75, 3.05) is 6.54 Å². The molecule has 0 saturated carbocycles. The second kappa shape index (κ2) is 7.59. The normalized spacial score (nSPS) is 15.8. The lowest BCUT2D eigenvalue weighted by Gasteiger charge is -2.15. The standard InChI is InChI=1S/C18H19ClN4O5/c1-18(2)16(26)23(17(27)22-18)7-3-4-14(24)28-9-13-20-12-6-5-10(19)8-11(12)15(25)21-13/h5-6,8H,3-4,7,9H2,1-2H3,(H,22,27)(H,20,21,25). The number of imide groups is 1. The minimum atomic E-state index is -0.935. The molecule has 1 saturated heterocycles. The van der Waals surface area contributed by atoms with E-state index in [0.29, 0.717) is 15.9 Å². The Bertz CT molecular complexity index is 1020. The number of ether oxygens (including phenoxy) is 1. The SMILES string of the molecule is CC1(C)NC(=O)N(CCCC(=O)OCc2nc3ccc(Cl)cc3c(=O)[nH]2)C1=O. The van der Waals surface area contributed by atoms with Crippen LogP contribution in [0.4, 0.5) is 4.79 Å². The molecule has 148 valence electrons. The lowest BCUT2D eigenvalue weighted by Crippen LogP contribution is -2.40. The van der Waals surface area contributed by atoms with Crippen LogP contribution in [0.3, 0.4) is 0 Å². The third kappa shape index (κ3) is 4.14. The number of hydrogen-bond acceptors (Lipinski definition) is 6. The first-order valence-corrected chi connectivity index (χ1v) is 9.03. The lowest BCUT2D eigenvalue weighted by atomic mass is 10.1. The first-order valence-electron chi connectivity index (χ1n) is 8.65. The van der Waals surface area contributed by atoms with Gasteiger partial charge >= 0.3 is 12.0 Å². The molecule has 0 atom stereocenters. The number of benzene rings is 1. The Morgan fingerprint density at radius 3 is 2.71 bits per heavy atom. The van der Waals surface area contributed by atoms with Crippen molar-refractivity contribution >= 4 is 40.4 Å². The highest BCUT2D eigenvalue weighted by molar-refractivity contribution is 6.31. The van der Waals surface area contributed by atoms with Crippen LogP contribution >= 0.6 is 11.6 Å². The molecule has 9 nitrogen and oxygen atoms in total. The van der Waals surface area contributed by atoms with Crippen LogP contribution in [0.5, 0.6) is 0 Å². The predicted octanol–water partition coefficient (Wildman–Crippen LogP) is 1.73. The molecule has 1 fully saturated rings. The molecule has 1 aromatic carbocycles. The maximum absolute atomic E-state index is 12.1. The summed E-state index contributed by atoms with van der Waals surface area (Å²) in [5.74, 6) is -0.641. The Hall–Kier alpha value is -2.94. The molecule has 1 aliphatic heterocycles. The van der Waals surface area contributed by atoms with Crippen LogP contribution in [0, 0.1) is 0 Å². The number of nitrogens with zero attached hydrogens (tertiary/aromatic N) is 2. The number of carbonyl (C=O) groups is 3. The van der Waals surface area contributed by atoms with Gasteiger partial charge in [0.15, 0.2) is 0 Å². The second-order valence-electron chi connectivity index (χ2n) is 6.95. The Morgan fingerprint density at radius 2 is 2.04 bits per heavy atom. The summed E-state index contributed by atoms with van der Waals surface area (Å²) in [7, 11) is 0. The average molecular weight is 407 g/mol. The van der Waals surface area contributed by atoms with Crippen molar-refractivity contribution in [3.05, 3.63) is 39.4 Å². The smallest absolute Gasteiger partial charge is 0.325 e. The number of halogens is 1. The van der Waals surface area contributed by atoms with E-state index >= 15 is 0 Å². The maximum Gasteiger partial charge on any atom is 0.325 e. The van der Waals surface area contributed by atoms with Gasteiger partial charge in [-0.05, 0) is 38.5 Å². The molecular formula is C18H19ClN4O5. The third-order valence-corrected chi connectivity index (χ3v) is 4.53. The summed E-state index contributed by atoms with van der Waals surface area (Å²) in [6.07, 6.45) is 0.291. The van der Waals surface area contributed by atoms with Gasteiger partial charge in [-0.25, -0.2) is 9.78 Å². The van der Waals surface area contributed by atoms with Crippen LogP contribution < -0.4 is 10.9 Å². The Morgan fingerprint density at radius 1 is 1.29 bits per heavy atom. The number of nitrogens with one attached hydrogen (secondary N) is 2. The molecule has 2 aromatic rings. The molecule has 3 amide bonds. The summed E-state index contributed by atoms with van der Waals surface area (Å²) in [5.41, 5.74) is -0.866. The number of aromatic nitrogens is 2. The third-order valence-electron chi connectivity index (χ3n) is 4.29. The minimum absolute atomic E-state index is 0.0188. The van der Waals surface area contributed by atoms with Gasteiger partial charge in [0.2, 0.25) is 0 Å². The molecule has 2 heterocycles. The monoisotopic (exact) mass is 406 g/mol. The molecular weight excluding hydrogens is 388 g/mol. The van der Waals surface area contributed by atoms with E-state index in [9.17, 15) is 19.2 Å². The van der Waals surface area contributed by atoms with Crippen LogP contribution in [0.2, 0.25) is 5.02 Å². The molecule has 0 spiro atoms. The average Bonchev–Trinajstić information content (AvgIpc) is 2.82. The van der Waals surface area contributed by atoms with Gasteiger partial charge in [-0.15, -0.1) is 0 Å². The van der Waals surface area contributed by atoms with Crippen molar-refractivity contribution in [3.63, 3.8) is 0 Å². The van der Waals surface area contributed by atoms with Gasteiger partial charge in [-0.2, -0.15) is 0 Å². The fourth-order valence-electron chi connectivity index (χ4n) is 2.85. The number of H-pyrrole nitrogens is 1. The molecule has 0 unspecified atom stereocenters. The first-order chi connectivity index (χ1) is 13.2. The van der Waals surface area contributed by atoms with E-state index in [1.54, 1.807) is 26.0 Å². The van der Waals surface area contributed by atoms with E-state index in [2.05, 4.69) is 15.3 Å². The highest BCUT2D eigenvalue weighted by Crippen LogP contribution is 2.17. The molecule has 1 aromatic heterocycles. The molecule has 0 radical (unpaired) electrons. The summed E-state index contributed by atoms with van der Waals surface area (Å²) in [6, 6.07) is 4.26. The van der Waals surface area contributed by atoms with E-state index in [4.69, 9.17) is 16.3 Å². The number of fused-ring (bicyclic) bond motifs is 1. The van der Waals surface area contributed by atoms with Crippen LogP contribution in [0.1, 0.15) is 32.5 Å². The molecule has 1 aliphatic rings. The van der Waals surface area contributed by atoms with Crippen molar-refractivity contribution in [2.24, 2.45) is 0 Å². The van der Waals surface area contributed by atoms with E-state index in [1.165, 1.54) is 6.07 Å². The Labute approximate surface area is 165 Å². The predicted molar refractivity (Wildman–Crippen MR) is 101 cm³/mol. The molecule has 3 rings (SSSR count). The van der Waals surface area contributed by atoms with Gasteiger partial charge in [0.1, 0.15) is 18.0 Å². The summed E-state index contributed by atoms with van der Waals surface area (Å²) < 4.78 is 5.11. The van der Waals surface area contributed by atoms with Crippen molar-refractivity contribution in [1.29, 1.82) is 0 Å². The van der Waals surface area contributed by atoms with Crippen molar-refractivity contribution in [1.82, 2.24) is 20.2 Å². The lowest BCUT2D eigenvalue weighted by molar-refractivity contribution is -0.145. The topological polar surface area (TPSA) is 121 Å². The maximum atomic E-state index is 12.1. The van der Waals surface area contributed by atoms with Crippen LogP contribution in [-0.2, 0) is 20.9 Å². The van der Waals surface area contributed by atoms with Gasteiger partial charge in [0, 0.05) is 18.0 Å². The number of amides is 3. The Kier molecular flexibility index (Phi) is 5.37. The molecule has 10 heteroatoms. The highest BCUT2D eigenvalue weighted by Gasteiger charge is 2.43. The van der Waals surface area contributed by atoms with Crippen LogP contribution in [0.25, 0.3) is 10.9 Å². The number of hydrogen-bond donors (Lipinski definition) is 2. The van der Waals surface area contributed by atoms with Crippen LogP contribution in [0.15, 0.2) is 23.0 Å². The number of urea groups is 1. The number of carbonyl (C=O) groups excluding carboxylic acids is 3. The second-order valence-corrected chi connectivity index (χ2v) is 7.39. The van der Waals surface area contributed by atoms with Crippen molar-refractivity contribution < 1.29 is 19.1 Å². The quantitative estimate of drug-likeness (QED) is 0.556. The number of aromatic amines is 1. The van der Waals surface area contributed by atoms with Crippen molar-refractivity contribution in [2.45, 2.75) is 38.8 Å². The number of rotatable bonds is 6. The summed E-state index contributed by atoms with van der Waals surface area (Å²) >= 11 is 5.86. The Balaban J connectivity index is 1.52. The molecule has 28 heavy (non-hydrogen) atoms. The number of esters is 1. The zero-order valence-corrected chi connectivity index (χ0v) is 16.1. The van der Waals surface area contributed by atoms with E-state index < -0.39 is 17.5 Å². The van der Waals surface area contributed by atoms with Gasteiger partial charge in [0.05, 0.1) is 10.9 Å². The van der Waals surface area contributed by atoms with Gasteiger partial charge < -0.3 is 15.0 Å². The summed E-state index contributed by atoms with van der Waals surface area (Å²) in [5, 5.41) is 3.34. The molecule has 0 bridgehead atoms. The fourth-order valence-corrected chi connectivity index (χ4v) is 3.02. The van der Waals surface area contributed by atoms with Gasteiger partial charge in [-0.1, -0.05) is 11.6 Å². The minimum Gasteiger partial charge on any atom is -0.458 e. The van der Waals surface area contributed by atoms with Gasteiger partial charge in [0.25, 0.3) is 11.5 Å². The van der Waals surface area contributed by atoms with E-state index in [0.717, 1.165) is 4.90 Å².